The van der Waals surface area contributed by atoms with Crippen molar-refractivity contribution in [2.75, 3.05) is 13.1 Å². The third-order valence-electron chi connectivity index (χ3n) is 2.76. The van der Waals surface area contributed by atoms with Crippen LogP contribution in [0.3, 0.4) is 0 Å². The molecule has 0 bridgehead atoms. The van der Waals surface area contributed by atoms with E-state index < -0.39 is 0 Å². The fourth-order valence-corrected chi connectivity index (χ4v) is 1.78. The van der Waals surface area contributed by atoms with E-state index in [1.807, 2.05) is 47.4 Å². The van der Waals surface area contributed by atoms with Gasteiger partial charge in [-0.05, 0) is 24.1 Å². The number of benzene rings is 1. The van der Waals surface area contributed by atoms with E-state index in [0.29, 0.717) is 19.5 Å². The Morgan fingerprint density at radius 1 is 1.32 bits per heavy atom. The zero-order valence-electron chi connectivity index (χ0n) is 10.7. The van der Waals surface area contributed by atoms with Gasteiger partial charge in [0.1, 0.15) is 0 Å². The molecule has 0 saturated carbocycles. The van der Waals surface area contributed by atoms with Gasteiger partial charge in [0, 0.05) is 25.7 Å². The Balaban J connectivity index is 1.86. The van der Waals surface area contributed by atoms with E-state index in [1.54, 1.807) is 0 Å². The predicted octanol–water partition coefficient (Wildman–Crippen LogP) is 0.880. The van der Waals surface area contributed by atoms with Gasteiger partial charge < -0.3 is 11.1 Å². The van der Waals surface area contributed by atoms with Crippen LogP contribution in [0.1, 0.15) is 12.0 Å². The van der Waals surface area contributed by atoms with Crippen molar-refractivity contribution in [1.82, 2.24) is 15.1 Å². The van der Waals surface area contributed by atoms with Gasteiger partial charge in [0.25, 0.3) is 0 Å². The molecule has 19 heavy (non-hydrogen) atoms. The fourth-order valence-electron chi connectivity index (χ4n) is 1.78. The molecule has 1 aromatic heterocycles. The molecule has 0 atom stereocenters. The van der Waals surface area contributed by atoms with E-state index in [2.05, 4.69) is 10.4 Å². The summed E-state index contributed by atoms with van der Waals surface area (Å²) < 4.78 is 1.83. The number of carbonyl (C=O) groups excluding carboxylic acids is 1. The van der Waals surface area contributed by atoms with E-state index in [4.69, 9.17) is 5.73 Å². The molecule has 3 N–H and O–H groups in total. The molecule has 100 valence electrons. The normalized spacial score (nSPS) is 10.4. The largest absolute Gasteiger partial charge is 0.356 e. The monoisotopic (exact) mass is 258 g/mol. The highest BCUT2D eigenvalue weighted by Gasteiger charge is 2.02. The Labute approximate surface area is 112 Å². The average molecular weight is 258 g/mol. The molecule has 0 aliphatic rings. The first-order valence-corrected chi connectivity index (χ1v) is 6.35. The molecule has 1 amide bonds. The fraction of sp³-hybridized carbons (Fsp3) is 0.286. The minimum atomic E-state index is -0.00190. The van der Waals surface area contributed by atoms with Gasteiger partial charge in [0.2, 0.25) is 5.91 Å². The number of nitrogens with one attached hydrogen (secondary N) is 1. The summed E-state index contributed by atoms with van der Waals surface area (Å²) in [6.07, 6.45) is 4.94. The summed E-state index contributed by atoms with van der Waals surface area (Å²) in [5, 5.41) is 7.13. The zero-order valence-corrected chi connectivity index (χ0v) is 10.7. The van der Waals surface area contributed by atoms with Crippen LogP contribution in [0, 0.1) is 0 Å². The summed E-state index contributed by atoms with van der Waals surface area (Å²) in [4.78, 5) is 11.2. The van der Waals surface area contributed by atoms with Gasteiger partial charge in [-0.1, -0.05) is 18.2 Å². The zero-order chi connectivity index (χ0) is 13.5. The number of nitrogens with two attached hydrogens (primary N) is 1. The predicted molar refractivity (Wildman–Crippen MR) is 73.9 cm³/mol. The van der Waals surface area contributed by atoms with Gasteiger partial charge in [0.05, 0.1) is 11.9 Å². The van der Waals surface area contributed by atoms with E-state index in [1.165, 1.54) is 0 Å². The van der Waals surface area contributed by atoms with Crippen LogP contribution in [0.5, 0.6) is 0 Å². The van der Waals surface area contributed by atoms with E-state index >= 15 is 0 Å². The first-order chi connectivity index (χ1) is 9.29. The lowest BCUT2D eigenvalue weighted by Crippen LogP contribution is -2.27. The minimum Gasteiger partial charge on any atom is -0.356 e. The van der Waals surface area contributed by atoms with Crippen molar-refractivity contribution in [2.45, 2.75) is 12.8 Å². The maximum atomic E-state index is 11.2. The summed E-state index contributed by atoms with van der Waals surface area (Å²) in [6, 6.07) is 9.92. The highest BCUT2D eigenvalue weighted by Crippen LogP contribution is 2.07. The lowest BCUT2D eigenvalue weighted by Gasteiger charge is -2.02. The molecule has 0 fully saturated rings. The van der Waals surface area contributed by atoms with Gasteiger partial charge in [-0.15, -0.1) is 0 Å². The van der Waals surface area contributed by atoms with Crippen LogP contribution in [-0.4, -0.2) is 28.8 Å². The van der Waals surface area contributed by atoms with Gasteiger partial charge in [0.15, 0.2) is 0 Å². The van der Waals surface area contributed by atoms with Gasteiger partial charge in [-0.25, -0.2) is 4.68 Å². The number of aromatic nitrogens is 2. The standard InChI is InChI=1S/C14H18N4O/c15-8-6-14(19)16-9-7-12-10-17-18(11-12)13-4-2-1-3-5-13/h1-5,10-11H,6-9,15H2,(H,16,19). The van der Waals surface area contributed by atoms with Crippen molar-refractivity contribution in [3.63, 3.8) is 0 Å². The SMILES string of the molecule is NCCC(=O)NCCc1cnn(-c2ccccc2)c1. The number of carbonyl (C=O) groups is 1. The number of rotatable bonds is 6. The average Bonchev–Trinajstić information content (AvgIpc) is 2.89. The smallest absolute Gasteiger partial charge is 0.221 e. The van der Waals surface area contributed by atoms with Crippen LogP contribution >= 0.6 is 0 Å². The lowest BCUT2D eigenvalue weighted by atomic mass is 10.2. The van der Waals surface area contributed by atoms with Crippen molar-refractivity contribution in [2.24, 2.45) is 5.73 Å². The first-order valence-electron chi connectivity index (χ1n) is 6.35. The third kappa shape index (κ3) is 3.93. The molecule has 5 nitrogen and oxygen atoms in total. The lowest BCUT2D eigenvalue weighted by molar-refractivity contribution is -0.120. The summed E-state index contributed by atoms with van der Waals surface area (Å²) in [7, 11) is 0. The van der Waals surface area contributed by atoms with Crippen molar-refractivity contribution >= 4 is 5.91 Å². The maximum absolute atomic E-state index is 11.2. The van der Waals surface area contributed by atoms with E-state index in [0.717, 1.165) is 17.7 Å². The number of hydrogen-bond acceptors (Lipinski definition) is 3. The molecule has 1 aromatic carbocycles. The van der Waals surface area contributed by atoms with Crippen LogP contribution in [-0.2, 0) is 11.2 Å². The number of para-hydroxylation sites is 1. The third-order valence-corrected chi connectivity index (χ3v) is 2.76. The Bertz CT molecular complexity index is 521. The molecule has 2 rings (SSSR count). The molecule has 0 aliphatic heterocycles. The second-order valence-corrected chi connectivity index (χ2v) is 4.27. The molecule has 5 heteroatoms. The molecule has 0 radical (unpaired) electrons. The number of nitrogens with zero attached hydrogens (tertiary/aromatic N) is 2. The van der Waals surface area contributed by atoms with E-state index in [-0.39, 0.29) is 5.91 Å². The topological polar surface area (TPSA) is 72.9 Å². The van der Waals surface area contributed by atoms with E-state index in [9.17, 15) is 4.79 Å². The van der Waals surface area contributed by atoms with Crippen LogP contribution < -0.4 is 11.1 Å². The van der Waals surface area contributed by atoms with Gasteiger partial charge >= 0.3 is 0 Å². The Morgan fingerprint density at radius 3 is 2.84 bits per heavy atom. The van der Waals surface area contributed by atoms with Crippen molar-refractivity contribution < 1.29 is 4.79 Å². The van der Waals surface area contributed by atoms with Crippen LogP contribution in [0.2, 0.25) is 0 Å². The first kappa shape index (κ1) is 13.3. The molecule has 0 spiro atoms. The highest BCUT2D eigenvalue weighted by atomic mass is 16.1. The molecular formula is C14H18N4O. The van der Waals surface area contributed by atoms with Crippen molar-refractivity contribution in [3.05, 3.63) is 48.3 Å². The van der Waals surface area contributed by atoms with Crippen molar-refractivity contribution in [3.8, 4) is 5.69 Å². The van der Waals surface area contributed by atoms with Crippen molar-refractivity contribution in [1.29, 1.82) is 0 Å². The van der Waals surface area contributed by atoms with Gasteiger partial charge in [-0.3, -0.25) is 4.79 Å². The molecule has 0 unspecified atom stereocenters. The second-order valence-electron chi connectivity index (χ2n) is 4.27. The molecule has 0 saturated heterocycles. The summed E-state index contributed by atoms with van der Waals surface area (Å²) in [6.45, 7) is 0.997. The quantitative estimate of drug-likeness (QED) is 0.808. The summed E-state index contributed by atoms with van der Waals surface area (Å²) in [5.74, 6) is -0.00190. The number of amides is 1. The summed E-state index contributed by atoms with van der Waals surface area (Å²) >= 11 is 0. The minimum absolute atomic E-state index is 0.00190. The van der Waals surface area contributed by atoms with Crippen LogP contribution in [0.15, 0.2) is 42.7 Å². The number of hydrogen-bond donors (Lipinski definition) is 2. The molecule has 0 aliphatic carbocycles. The van der Waals surface area contributed by atoms with Crippen LogP contribution in [0.4, 0.5) is 0 Å². The molecular weight excluding hydrogens is 240 g/mol. The molecule has 2 aromatic rings. The summed E-state index contributed by atoms with van der Waals surface area (Å²) in [5.41, 5.74) is 7.43. The Kier molecular flexibility index (Phi) is 4.69. The van der Waals surface area contributed by atoms with Crippen LogP contribution in [0.25, 0.3) is 5.69 Å². The maximum Gasteiger partial charge on any atom is 0.221 e. The second kappa shape index (κ2) is 6.70. The Hall–Kier alpha value is -2.14. The Morgan fingerprint density at radius 2 is 2.11 bits per heavy atom. The van der Waals surface area contributed by atoms with Gasteiger partial charge in [-0.2, -0.15) is 5.10 Å². The highest BCUT2D eigenvalue weighted by molar-refractivity contribution is 5.75. The molecule has 1 heterocycles.